The molecule has 2 heterocycles. The summed E-state index contributed by atoms with van der Waals surface area (Å²) in [5, 5.41) is 8.63. The summed E-state index contributed by atoms with van der Waals surface area (Å²) in [6.45, 7) is 15.5. The molecule has 0 radical (unpaired) electrons. The Morgan fingerprint density at radius 3 is 2.24 bits per heavy atom. The van der Waals surface area contributed by atoms with E-state index in [0.29, 0.717) is 37.9 Å². The van der Waals surface area contributed by atoms with Crippen molar-refractivity contribution >= 4 is 35.3 Å². The van der Waals surface area contributed by atoms with Crippen LogP contribution in [0, 0.1) is 17.8 Å². The van der Waals surface area contributed by atoms with E-state index in [-0.39, 0.29) is 62.0 Å². The molecule has 0 unspecified atom stereocenters. The number of rotatable bonds is 11. The summed E-state index contributed by atoms with van der Waals surface area (Å²) in [7, 11) is 0. The average Bonchev–Trinajstić information content (AvgIpc) is 2.92. The van der Waals surface area contributed by atoms with Gasteiger partial charge in [0.15, 0.2) is 0 Å². The number of benzene rings is 1. The zero-order valence-corrected chi connectivity index (χ0v) is 29.0. The van der Waals surface area contributed by atoms with E-state index in [2.05, 4.69) is 16.0 Å². The normalized spacial score (nSPS) is 18.9. The van der Waals surface area contributed by atoms with E-state index in [9.17, 15) is 24.0 Å². The van der Waals surface area contributed by atoms with E-state index >= 15 is 0 Å². The van der Waals surface area contributed by atoms with Crippen molar-refractivity contribution in [1.82, 2.24) is 10.6 Å². The Bertz CT molecular complexity index is 1170. The first-order valence-corrected chi connectivity index (χ1v) is 16.4. The van der Waals surface area contributed by atoms with Crippen LogP contribution in [0.1, 0.15) is 99.5 Å². The molecule has 2 aliphatic rings. The molecule has 3 amide bonds. The summed E-state index contributed by atoms with van der Waals surface area (Å²) in [6.07, 6.45) is 1.46. The van der Waals surface area contributed by atoms with Crippen molar-refractivity contribution in [2.75, 3.05) is 25.1 Å². The van der Waals surface area contributed by atoms with Gasteiger partial charge in [0.25, 0.3) is 0 Å². The van der Waals surface area contributed by atoms with E-state index in [0.717, 1.165) is 5.56 Å². The number of fused-ring (bicyclic) bond motifs is 12. The summed E-state index contributed by atoms with van der Waals surface area (Å²) in [5.41, 5.74) is 0.167. The molecule has 11 heteroatoms. The number of unbranched alkanes of at least 4 members (excludes halogenated alkanes) is 1. The number of Topliss-reactive ketones (excluding diaryl/α,β-unsaturated/α-hetero) is 1. The van der Waals surface area contributed by atoms with Crippen molar-refractivity contribution < 1.29 is 38.2 Å². The van der Waals surface area contributed by atoms with Gasteiger partial charge < -0.3 is 30.2 Å². The lowest BCUT2D eigenvalue weighted by molar-refractivity contribution is -0.161. The Balaban J connectivity index is 2.15. The largest absolute Gasteiger partial charge is 0.460 e. The van der Waals surface area contributed by atoms with Crippen LogP contribution < -0.4 is 16.0 Å². The summed E-state index contributed by atoms with van der Waals surface area (Å²) in [5.74, 6) is -2.37. The predicted octanol–water partition coefficient (Wildman–Crippen LogP) is 5.35. The fraction of sp³-hybridized carbons (Fsp3) is 0.686. The van der Waals surface area contributed by atoms with Gasteiger partial charge in [0.05, 0.1) is 31.6 Å². The first-order chi connectivity index (χ1) is 21.4. The molecule has 2 aliphatic heterocycles. The first-order valence-electron chi connectivity index (χ1n) is 16.4. The number of carbonyl (C=O) groups is 5. The SMILES string of the molecule is CC(C)[C@H]1COCCC(=O)Nc2ccc(cc2)C[C@@H](CC(=O)C[C@@H](CCCCNC(=O)OC(C)(C)C)C(=O)OC(C)(C)C)C(=O)N1. The number of hydrogen-bond acceptors (Lipinski definition) is 8. The van der Waals surface area contributed by atoms with Gasteiger partial charge in [-0.05, 0) is 84.4 Å². The minimum atomic E-state index is -0.722. The van der Waals surface area contributed by atoms with Gasteiger partial charge >= 0.3 is 12.1 Å². The monoisotopic (exact) mass is 645 g/mol. The van der Waals surface area contributed by atoms with E-state index in [1.165, 1.54) is 0 Å². The van der Waals surface area contributed by atoms with Crippen molar-refractivity contribution in [1.29, 1.82) is 0 Å². The summed E-state index contributed by atoms with van der Waals surface area (Å²) < 4.78 is 16.6. The Morgan fingerprint density at radius 2 is 1.63 bits per heavy atom. The number of carbonyl (C=O) groups excluding carboxylic acids is 5. The van der Waals surface area contributed by atoms with Gasteiger partial charge in [0.2, 0.25) is 11.8 Å². The Morgan fingerprint density at radius 1 is 0.978 bits per heavy atom. The number of esters is 1. The van der Waals surface area contributed by atoms with Crippen LogP contribution in [0.4, 0.5) is 10.5 Å². The van der Waals surface area contributed by atoms with Crippen LogP contribution in [0.25, 0.3) is 0 Å². The number of nitrogens with one attached hydrogen (secondary N) is 3. The van der Waals surface area contributed by atoms with Gasteiger partial charge in [-0.1, -0.05) is 32.4 Å². The lowest BCUT2D eigenvalue weighted by atomic mass is 9.88. The van der Waals surface area contributed by atoms with Crippen LogP contribution in [-0.2, 0) is 39.8 Å². The molecule has 2 bridgehead atoms. The van der Waals surface area contributed by atoms with Crippen LogP contribution in [0.15, 0.2) is 24.3 Å². The number of anilines is 1. The zero-order valence-electron chi connectivity index (χ0n) is 29.0. The highest BCUT2D eigenvalue weighted by Crippen LogP contribution is 2.23. The molecular formula is C35H55N3O8. The van der Waals surface area contributed by atoms with E-state index in [4.69, 9.17) is 14.2 Å². The minimum absolute atomic E-state index is 0.0461. The number of ether oxygens (including phenoxy) is 3. The molecule has 0 saturated heterocycles. The van der Waals surface area contributed by atoms with E-state index in [1.54, 1.807) is 53.7 Å². The Hall–Kier alpha value is -3.47. The molecule has 3 rings (SSSR count). The van der Waals surface area contributed by atoms with Crippen LogP contribution in [-0.4, -0.2) is 66.7 Å². The molecule has 0 aliphatic carbocycles. The molecule has 258 valence electrons. The van der Waals surface area contributed by atoms with Crippen LogP contribution in [0.2, 0.25) is 0 Å². The molecule has 0 spiro atoms. The minimum Gasteiger partial charge on any atom is -0.460 e. The molecule has 3 atom stereocenters. The third-order valence-electron chi connectivity index (χ3n) is 7.33. The molecule has 0 aromatic heterocycles. The molecule has 0 saturated carbocycles. The van der Waals surface area contributed by atoms with Crippen molar-refractivity contribution in [3.05, 3.63) is 29.8 Å². The second kappa shape index (κ2) is 18.0. The smallest absolute Gasteiger partial charge is 0.407 e. The maximum absolute atomic E-state index is 13.6. The first kappa shape index (κ1) is 38.7. The number of ketones is 1. The lowest BCUT2D eigenvalue weighted by Gasteiger charge is -2.26. The van der Waals surface area contributed by atoms with Gasteiger partial charge in [0.1, 0.15) is 17.0 Å². The van der Waals surface area contributed by atoms with Crippen LogP contribution in [0.3, 0.4) is 0 Å². The van der Waals surface area contributed by atoms with E-state index in [1.807, 2.05) is 26.0 Å². The predicted molar refractivity (Wildman–Crippen MR) is 176 cm³/mol. The third kappa shape index (κ3) is 15.7. The van der Waals surface area contributed by atoms with Crippen LogP contribution in [0.5, 0.6) is 0 Å². The quantitative estimate of drug-likeness (QED) is 0.216. The number of amides is 3. The number of hydrogen-bond donors (Lipinski definition) is 3. The van der Waals surface area contributed by atoms with Gasteiger partial charge in [-0.15, -0.1) is 0 Å². The van der Waals surface area contributed by atoms with Crippen molar-refractivity contribution in [3.8, 4) is 0 Å². The highest BCUT2D eigenvalue weighted by atomic mass is 16.6. The Kier molecular flexibility index (Phi) is 15.2. The van der Waals surface area contributed by atoms with Crippen molar-refractivity contribution in [2.24, 2.45) is 17.8 Å². The fourth-order valence-corrected chi connectivity index (χ4v) is 4.91. The summed E-state index contributed by atoms with van der Waals surface area (Å²) in [4.78, 5) is 64.6. The summed E-state index contributed by atoms with van der Waals surface area (Å²) in [6, 6.07) is 6.93. The zero-order chi connectivity index (χ0) is 34.5. The van der Waals surface area contributed by atoms with E-state index < -0.39 is 35.1 Å². The standard InChI is InChI=1S/C35H55N3O8/c1-23(2)29-22-44-18-16-30(40)37-27-14-12-24(13-15-27)19-26(31(41)38-29)21-28(39)20-25(32(42)45-34(3,4)5)11-9-10-17-36-33(43)46-35(6,7)8/h12-15,23,25-26,29H,9-11,16-22H2,1-8H3,(H,36,43)(H,37,40)(H,38,41)/t25-,26+,29-/m1/s1. The van der Waals surface area contributed by atoms with Gasteiger partial charge in [-0.25, -0.2) is 4.79 Å². The molecule has 1 aromatic carbocycles. The average molecular weight is 646 g/mol. The van der Waals surface area contributed by atoms with Crippen molar-refractivity contribution in [2.45, 2.75) is 118 Å². The molecule has 3 N–H and O–H groups in total. The highest BCUT2D eigenvalue weighted by Gasteiger charge is 2.31. The second-order valence-corrected chi connectivity index (χ2v) is 14.4. The number of alkyl carbamates (subject to hydrolysis) is 1. The highest BCUT2D eigenvalue weighted by molar-refractivity contribution is 5.91. The fourth-order valence-electron chi connectivity index (χ4n) is 4.91. The molecule has 1 aromatic rings. The van der Waals surface area contributed by atoms with Gasteiger partial charge in [-0.2, -0.15) is 0 Å². The maximum Gasteiger partial charge on any atom is 0.407 e. The lowest BCUT2D eigenvalue weighted by Crippen LogP contribution is -2.45. The molecule has 46 heavy (non-hydrogen) atoms. The third-order valence-corrected chi connectivity index (χ3v) is 7.33. The second-order valence-electron chi connectivity index (χ2n) is 14.4. The Labute approximate surface area is 274 Å². The topological polar surface area (TPSA) is 149 Å². The molecule has 11 nitrogen and oxygen atoms in total. The van der Waals surface area contributed by atoms with Gasteiger partial charge in [0, 0.05) is 31.0 Å². The van der Waals surface area contributed by atoms with Gasteiger partial charge in [-0.3, -0.25) is 19.2 Å². The molecular weight excluding hydrogens is 590 g/mol. The molecule has 0 fully saturated rings. The summed E-state index contributed by atoms with van der Waals surface area (Å²) >= 11 is 0. The maximum atomic E-state index is 13.6. The van der Waals surface area contributed by atoms with Crippen molar-refractivity contribution in [3.63, 3.8) is 0 Å². The van der Waals surface area contributed by atoms with Crippen LogP contribution >= 0.6 is 0 Å².